The molecule has 1 aliphatic rings. The van der Waals surface area contributed by atoms with E-state index in [9.17, 15) is 0 Å². The first kappa shape index (κ1) is 12.1. The van der Waals surface area contributed by atoms with Gasteiger partial charge in [0.05, 0.1) is 5.01 Å². The summed E-state index contributed by atoms with van der Waals surface area (Å²) < 4.78 is 0. The fraction of sp³-hybridized carbons (Fsp3) is 0.769. The number of aromatic nitrogens is 1. The third kappa shape index (κ3) is 3.05. The second-order valence-corrected chi connectivity index (χ2v) is 7.00. The zero-order valence-electron chi connectivity index (χ0n) is 10.7. The molecule has 1 aromatic rings. The number of nitrogens with zero attached hydrogens (tertiary/aromatic N) is 1. The Hall–Kier alpha value is -0.410. The van der Waals surface area contributed by atoms with Crippen LogP contribution in [0.4, 0.5) is 0 Å². The molecule has 16 heavy (non-hydrogen) atoms. The topological polar surface area (TPSA) is 24.9 Å². The van der Waals surface area contributed by atoms with Gasteiger partial charge in [-0.3, -0.25) is 0 Å². The highest BCUT2D eigenvalue weighted by Gasteiger charge is 2.27. The average molecular weight is 238 g/mol. The minimum atomic E-state index is 0.186. The van der Waals surface area contributed by atoms with E-state index < -0.39 is 0 Å². The van der Waals surface area contributed by atoms with Crippen molar-refractivity contribution in [1.82, 2.24) is 10.3 Å². The first-order valence-corrected chi connectivity index (χ1v) is 6.97. The lowest BCUT2D eigenvalue weighted by molar-refractivity contribution is 0.498. The van der Waals surface area contributed by atoms with E-state index in [1.807, 2.05) is 17.5 Å². The Morgan fingerprint density at radius 1 is 1.50 bits per heavy atom. The van der Waals surface area contributed by atoms with Crippen LogP contribution in [-0.4, -0.2) is 11.0 Å². The van der Waals surface area contributed by atoms with E-state index in [-0.39, 0.29) is 5.41 Å². The monoisotopic (exact) mass is 238 g/mol. The van der Waals surface area contributed by atoms with Crippen molar-refractivity contribution in [1.29, 1.82) is 0 Å². The molecule has 90 valence electrons. The van der Waals surface area contributed by atoms with Crippen molar-refractivity contribution in [3.8, 4) is 0 Å². The minimum absolute atomic E-state index is 0.186. The molecule has 0 radical (unpaired) electrons. The van der Waals surface area contributed by atoms with Gasteiger partial charge in [-0.1, -0.05) is 20.8 Å². The van der Waals surface area contributed by atoms with Gasteiger partial charge in [-0.25, -0.2) is 4.98 Å². The molecule has 1 N–H and O–H groups in total. The molecular formula is C13H22N2S. The van der Waals surface area contributed by atoms with Gasteiger partial charge in [0, 0.05) is 29.1 Å². The van der Waals surface area contributed by atoms with E-state index in [1.165, 1.54) is 22.7 Å². The standard InChI is InChI=1S/C13H22N2S/c1-9(10-5-6-10)14-7-11-8-15-12(16-11)13(2,3)4/h8-10,14H,5-7H2,1-4H3. The lowest BCUT2D eigenvalue weighted by atomic mass is 9.98. The predicted octanol–water partition coefficient (Wildman–Crippen LogP) is 3.33. The molecule has 3 heteroatoms. The summed E-state index contributed by atoms with van der Waals surface area (Å²) >= 11 is 1.84. The second-order valence-electron chi connectivity index (χ2n) is 5.89. The molecule has 1 fully saturated rings. The Kier molecular flexibility index (Phi) is 3.36. The smallest absolute Gasteiger partial charge is 0.0981 e. The number of thiazole rings is 1. The summed E-state index contributed by atoms with van der Waals surface area (Å²) in [4.78, 5) is 5.86. The highest BCUT2D eigenvalue weighted by Crippen LogP contribution is 2.32. The van der Waals surface area contributed by atoms with Gasteiger partial charge in [-0.15, -0.1) is 11.3 Å². The van der Waals surface area contributed by atoms with E-state index >= 15 is 0 Å². The largest absolute Gasteiger partial charge is 0.309 e. The first-order valence-electron chi connectivity index (χ1n) is 6.15. The fourth-order valence-electron chi connectivity index (χ4n) is 1.76. The number of nitrogens with one attached hydrogen (secondary N) is 1. The molecular weight excluding hydrogens is 216 g/mol. The van der Waals surface area contributed by atoms with Crippen molar-refractivity contribution in [3.63, 3.8) is 0 Å². The second kappa shape index (κ2) is 4.46. The molecule has 0 bridgehead atoms. The molecule has 0 aromatic carbocycles. The molecule has 1 unspecified atom stereocenters. The highest BCUT2D eigenvalue weighted by atomic mass is 32.1. The van der Waals surface area contributed by atoms with Crippen LogP contribution in [-0.2, 0) is 12.0 Å². The Morgan fingerprint density at radius 2 is 2.19 bits per heavy atom. The van der Waals surface area contributed by atoms with E-state index in [0.29, 0.717) is 6.04 Å². The van der Waals surface area contributed by atoms with Crippen molar-refractivity contribution in [2.45, 2.75) is 58.5 Å². The molecule has 2 nitrogen and oxygen atoms in total. The lowest BCUT2D eigenvalue weighted by Crippen LogP contribution is -2.26. The molecule has 0 saturated heterocycles. The number of rotatable bonds is 4. The van der Waals surface area contributed by atoms with Crippen LogP contribution in [0.3, 0.4) is 0 Å². The summed E-state index contributed by atoms with van der Waals surface area (Å²) in [5.41, 5.74) is 0.186. The van der Waals surface area contributed by atoms with Crippen LogP contribution in [0.25, 0.3) is 0 Å². The minimum Gasteiger partial charge on any atom is -0.309 e. The summed E-state index contributed by atoms with van der Waals surface area (Å²) in [6.07, 6.45) is 4.84. The van der Waals surface area contributed by atoms with Gasteiger partial charge in [-0.05, 0) is 25.7 Å². The molecule has 0 spiro atoms. The van der Waals surface area contributed by atoms with Gasteiger partial charge < -0.3 is 5.32 Å². The van der Waals surface area contributed by atoms with Crippen LogP contribution in [0.15, 0.2) is 6.20 Å². The van der Waals surface area contributed by atoms with Gasteiger partial charge in [0.15, 0.2) is 0 Å². The van der Waals surface area contributed by atoms with Gasteiger partial charge in [-0.2, -0.15) is 0 Å². The maximum atomic E-state index is 4.50. The zero-order chi connectivity index (χ0) is 11.8. The Labute approximate surface area is 102 Å². The van der Waals surface area contributed by atoms with Crippen molar-refractivity contribution < 1.29 is 0 Å². The van der Waals surface area contributed by atoms with Crippen molar-refractivity contribution >= 4 is 11.3 Å². The van der Waals surface area contributed by atoms with Crippen LogP contribution in [0.1, 0.15) is 50.4 Å². The summed E-state index contributed by atoms with van der Waals surface area (Å²) in [6.45, 7) is 9.93. The zero-order valence-corrected chi connectivity index (χ0v) is 11.5. The summed E-state index contributed by atoms with van der Waals surface area (Å²) in [5, 5.41) is 4.84. The molecule has 0 amide bonds. The average Bonchev–Trinajstić information content (AvgIpc) is 2.92. The van der Waals surface area contributed by atoms with Crippen molar-refractivity contribution in [2.24, 2.45) is 5.92 Å². The molecule has 2 rings (SSSR count). The normalized spacial score (nSPS) is 18.8. The third-order valence-electron chi connectivity index (χ3n) is 3.12. The van der Waals surface area contributed by atoms with Crippen LogP contribution in [0.2, 0.25) is 0 Å². The maximum absolute atomic E-state index is 4.50. The maximum Gasteiger partial charge on any atom is 0.0981 e. The van der Waals surface area contributed by atoms with E-state index in [4.69, 9.17) is 0 Å². The van der Waals surface area contributed by atoms with Crippen molar-refractivity contribution in [3.05, 3.63) is 16.1 Å². The number of hydrogen-bond donors (Lipinski definition) is 1. The van der Waals surface area contributed by atoms with Crippen LogP contribution in [0.5, 0.6) is 0 Å². The van der Waals surface area contributed by atoms with E-state index in [2.05, 4.69) is 38.0 Å². The van der Waals surface area contributed by atoms with Gasteiger partial charge in [0.25, 0.3) is 0 Å². The number of hydrogen-bond acceptors (Lipinski definition) is 3. The summed E-state index contributed by atoms with van der Waals surface area (Å²) in [7, 11) is 0. The van der Waals surface area contributed by atoms with Gasteiger partial charge in [0.1, 0.15) is 0 Å². The Bertz CT molecular complexity index is 347. The van der Waals surface area contributed by atoms with E-state index in [1.54, 1.807) is 0 Å². The fourth-order valence-corrected chi connectivity index (χ4v) is 2.68. The van der Waals surface area contributed by atoms with Crippen LogP contribution >= 0.6 is 11.3 Å². The van der Waals surface area contributed by atoms with Crippen LogP contribution in [0, 0.1) is 5.92 Å². The molecule has 1 saturated carbocycles. The van der Waals surface area contributed by atoms with E-state index in [0.717, 1.165) is 12.5 Å². The van der Waals surface area contributed by atoms with Crippen molar-refractivity contribution in [2.75, 3.05) is 0 Å². The molecule has 1 atom stereocenters. The quantitative estimate of drug-likeness (QED) is 0.870. The molecule has 0 aliphatic heterocycles. The lowest BCUT2D eigenvalue weighted by Gasteiger charge is -2.14. The Balaban J connectivity index is 1.87. The first-order chi connectivity index (χ1) is 7.47. The van der Waals surface area contributed by atoms with Gasteiger partial charge in [0.2, 0.25) is 0 Å². The Morgan fingerprint density at radius 3 is 2.69 bits per heavy atom. The van der Waals surface area contributed by atoms with Gasteiger partial charge >= 0.3 is 0 Å². The highest BCUT2D eigenvalue weighted by molar-refractivity contribution is 7.11. The summed E-state index contributed by atoms with van der Waals surface area (Å²) in [5.74, 6) is 0.926. The molecule has 1 heterocycles. The SMILES string of the molecule is CC(NCc1cnc(C(C)(C)C)s1)C1CC1. The van der Waals surface area contributed by atoms with Crippen LogP contribution < -0.4 is 5.32 Å². The molecule has 1 aromatic heterocycles. The third-order valence-corrected chi connectivity index (χ3v) is 4.55. The predicted molar refractivity (Wildman–Crippen MR) is 69.8 cm³/mol. The molecule has 1 aliphatic carbocycles. The summed E-state index contributed by atoms with van der Waals surface area (Å²) in [6, 6.07) is 0.667.